The van der Waals surface area contributed by atoms with Crippen molar-refractivity contribution < 1.29 is 13.2 Å². The number of aromatic nitrogens is 4. The Bertz CT molecular complexity index is 1380. The molecule has 5 aromatic rings. The first-order chi connectivity index (χ1) is 14.5. The summed E-state index contributed by atoms with van der Waals surface area (Å²) < 4.78 is 32.8. The molecule has 2 aromatic carbocycles. The molecule has 0 aliphatic heterocycles. The number of fused-ring (bicyclic) bond motifs is 3. The summed E-state index contributed by atoms with van der Waals surface area (Å²) in [6.45, 7) is 0. The van der Waals surface area contributed by atoms with E-state index in [-0.39, 0.29) is 5.76 Å². The number of nitrogens with zero attached hydrogens (tertiary/aromatic N) is 5. The van der Waals surface area contributed by atoms with Gasteiger partial charge in [0.25, 0.3) is 12.2 Å². The summed E-state index contributed by atoms with van der Waals surface area (Å²) in [4.78, 5) is 6.54. The molecule has 0 fully saturated rings. The van der Waals surface area contributed by atoms with Crippen molar-refractivity contribution in [3.8, 4) is 11.3 Å². The molecule has 0 unspecified atom stereocenters. The van der Waals surface area contributed by atoms with Crippen molar-refractivity contribution in [3.05, 3.63) is 71.7 Å². The van der Waals surface area contributed by atoms with Gasteiger partial charge in [0.2, 0.25) is 0 Å². The number of furan rings is 1. The van der Waals surface area contributed by atoms with Gasteiger partial charge in [-0.2, -0.15) is 4.98 Å². The molecule has 3 heterocycles. The summed E-state index contributed by atoms with van der Waals surface area (Å²) in [6, 6.07) is 15.7. The number of anilines is 2. The summed E-state index contributed by atoms with van der Waals surface area (Å²) in [5.74, 6) is 1.12. The lowest BCUT2D eigenvalue weighted by Crippen LogP contribution is -2.13. The van der Waals surface area contributed by atoms with Gasteiger partial charge in [0.15, 0.2) is 5.76 Å². The highest BCUT2D eigenvalue weighted by atomic mass is 35.5. The first kappa shape index (κ1) is 18.5. The number of hydrogen-bond acceptors (Lipinski definition) is 5. The Labute approximate surface area is 174 Å². The van der Waals surface area contributed by atoms with Gasteiger partial charge in [0.05, 0.1) is 5.52 Å². The fraction of sp³-hybridized carbons (Fsp3) is 0.0952. The normalized spacial score (nSPS) is 11.6. The number of halogens is 3. The summed E-state index contributed by atoms with van der Waals surface area (Å²) in [5.41, 5.74) is 2.31. The third-order valence-electron chi connectivity index (χ3n) is 4.87. The predicted octanol–water partition coefficient (Wildman–Crippen LogP) is 5.90. The quantitative estimate of drug-likeness (QED) is 0.359. The Balaban J connectivity index is 1.62. The Morgan fingerprint density at radius 2 is 1.97 bits per heavy atom. The molecule has 5 rings (SSSR count). The van der Waals surface area contributed by atoms with Gasteiger partial charge >= 0.3 is 0 Å². The van der Waals surface area contributed by atoms with Crippen LogP contribution in [0.1, 0.15) is 12.2 Å². The van der Waals surface area contributed by atoms with Gasteiger partial charge in [-0.1, -0.05) is 23.7 Å². The maximum absolute atomic E-state index is 12.9. The van der Waals surface area contributed by atoms with Gasteiger partial charge in [-0.05, 0) is 42.5 Å². The maximum Gasteiger partial charge on any atom is 0.295 e. The fourth-order valence-corrected chi connectivity index (χ4v) is 3.56. The zero-order valence-corrected chi connectivity index (χ0v) is 16.4. The van der Waals surface area contributed by atoms with Crippen LogP contribution in [0.3, 0.4) is 0 Å². The Kier molecular flexibility index (Phi) is 4.36. The van der Waals surface area contributed by atoms with Gasteiger partial charge in [-0.3, -0.25) is 4.40 Å². The highest BCUT2D eigenvalue weighted by Gasteiger charge is 2.17. The van der Waals surface area contributed by atoms with E-state index in [1.807, 2.05) is 42.3 Å². The Hall–Kier alpha value is -3.52. The van der Waals surface area contributed by atoms with Crippen LogP contribution in [0.4, 0.5) is 20.3 Å². The minimum absolute atomic E-state index is 0.356. The van der Waals surface area contributed by atoms with Gasteiger partial charge in [0.1, 0.15) is 17.9 Å². The first-order valence-corrected chi connectivity index (χ1v) is 9.40. The average molecular weight is 426 g/mol. The van der Waals surface area contributed by atoms with Crippen molar-refractivity contribution in [2.45, 2.75) is 6.43 Å². The molecular weight excluding hydrogens is 412 g/mol. The lowest BCUT2D eigenvalue weighted by atomic mass is 10.1. The number of rotatable bonds is 4. The molecule has 0 amide bonds. The molecule has 0 aliphatic carbocycles. The molecule has 3 aromatic heterocycles. The van der Waals surface area contributed by atoms with Crippen LogP contribution in [0, 0.1) is 0 Å². The topological polar surface area (TPSA) is 59.5 Å². The number of alkyl halides is 2. The molecule has 0 atom stereocenters. The monoisotopic (exact) mass is 425 g/mol. The zero-order chi connectivity index (χ0) is 20.8. The van der Waals surface area contributed by atoms with E-state index in [1.54, 1.807) is 28.9 Å². The molecular formula is C21H14ClF2N5O. The summed E-state index contributed by atoms with van der Waals surface area (Å²) >= 11 is 6.20. The smallest absolute Gasteiger partial charge is 0.295 e. The molecule has 150 valence electrons. The Morgan fingerprint density at radius 1 is 1.10 bits per heavy atom. The van der Waals surface area contributed by atoms with E-state index in [0.29, 0.717) is 27.9 Å². The molecule has 0 saturated heterocycles. The van der Waals surface area contributed by atoms with Crippen molar-refractivity contribution >= 4 is 39.8 Å². The van der Waals surface area contributed by atoms with Crippen LogP contribution in [-0.2, 0) is 0 Å². The molecule has 0 bridgehead atoms. The van der Waals surface area contributed by atoms with E-state index >= 15 is 0 Å². The van der Waals surface area contributed by atoms with E-state index in [4.69, 9.17) is 16.0 Å². The number of hydrogen-bond donors (Lipinski definition) is 0. The summed E-state index contributed by atoms with van der Waals surface area (Å²) in [6.07, 6.45) is -1.06. The highest BCUT2D eigenvalue weighted by molar-refractivity contribution is 6.31. The van der Waals surface area contributed by atoms with Gasteiger partial charge in [-0.15, -0.1) is 10.2 Å². The molecule has 0 spiro atoms. The molecule has 0 radical (unpaired) electrons. The predicted molar refractivity (Wildman–Crippen MR) is 110 cm³/mol. The van der Waals surface area contributed by atoms with Crippen molar-refractivity contribution in [1.29, 1.82) is 0 Å². The standard InChI is InChI=1S/C21H14ClF2N5O/c1-28(14-4-2-3-12(9-14)17-7-8-18(30-17)19(23)24)20-15-6-5-13(22)10-16(15)29-11-25-27-21(29)26-20/h2-11,19H,1H3. The molecule has 0 N–H and O–H groups in total. The van der Waals surface area contributed by atoms with Crippen LogP contribution in [0.2, 0.25) is 5.02 Å². The van der Waals surface area contributed by atoms with Crippen molar-refractivity contribution in [2.24, 2.45) is 0 Å². The van der Waals surface area contributed by atoms with Crippen molar-refractivity contribution in [1.82, 2.24) is 19.6 Å². The van der Waals surface area contributed by atoms with Crippen LogP contribution in [-0.4, -0.2) is 26.6 Å². The minimum Gasteiger partial charge on any atom is -0.455 e. The van der Waals surface area contributed by atoms with Gasteiger partial charge in [-0.25, -0.2) is 8.78 Å². The van der Waals surface area contributed by atoms with Crippen LogP contribution in [0.15, 0.2) is 65.3 Å². The van der Waals surface area contributed by atoms with E-state index in [9.17, 15) is 8.78 Å². The number of benzene rings is 2. The van der Waals surface area contributed by atoms with Crippen LogP contribution < -0.4 is 4.90 Å². The fourth-order valence-electron chi connectivity index (χ4n) is 3.39. The molecule has 30 heavy (non-hydrogen) atoms. The minimum atomic E-state index is -2.65. The second-order valence-corrected chi connectivity index (χ2v) is 7.15. The van der Waals surface area contributed by atoms with Gasteiger partial charge in [0, 0.05) is 28.7 Å². The third kappa shape index (κ3) is 3.05. The third-order valence-corrected chi connectivity index (χ3v) is 5.11. The average Bonchev–Trinajstić information content (AvgIpc) is 3.42. The largest absolute Gasteiger partial charge is 0.455 e. The van der Waals surface area contributed by atoms with Crippen molar-refractivity contribution in [3.63, 3.8) is 0 Å². The van der Waals surface area contributed by atoms with E-state index in [1.165, 1.54) is 6.07 Å². The summed E-state index contributed by atoms with van der Waals surface area (Å²) in [7, 11) is 1.87. The van der Waals surface area contributed by atoms with Crippen LogP contribution >= 0.6 is 11.6 Å². The first-order valence-electron chi connectivity index (χ1n) is 9.02. The molecule has 0 saturated carbocycles. The van der Waals surface area contributed by atoms with E-state index < -0.39 is 6.43 Å². The Morgan fingerprint density at radius 3 is 2.77 bits per heavy atom. The molecule has 0 aliphatic rings. The van der Waals surface area contributed by atoms with Crippen molar-refractivity contribution in [2.75, 3.05) is 11.9 Å². The highest BCUT2D eigenvalue weighted by Crippen LogP contribution is 2.34. The van der Waals surface area contributed by atoms with Crippen LogP contribution in [0.25, 0.3) is 28.0 Å². The van der Waals surface area contributed by atoms with Gasteiger partial charge < -0.3 is 9.32 Å². The molecule has 9 heteroatoms. The lowest BCUT2D eigenvalue weighted by molar-refractivity contribution is 0.123. The molecule has 6 nitrogen and oxygen atoms in total. The van der Waals surface area contributed by atoms with E-state index in [2.05, 4.69) is 15.2 Å². The maximum atomic E-state index is 12.9. The second kappa shape index (κ2) is 7.07. The van der Waals surface area contributed by atoms with Crippen LogP contribution in [0.5, 0.6) is 0 Å². The second-order valence-electron chi connectivity index (χ2n) is 6.71. The lowest BCUT2D eigenvalue weighted by Gasteiger charge is -2.21. The van der Waals surface area contributed by atoms with E-state index in [0.717, 1.165) is 16.6 Å². The zero-order valence-electron chi connectivity index (χ0n) is 15.6. The summed E-state index contributed by atoms with van der Waals surface area (Å²) in [5, 5.41) is 9.45. The SMILES string of the molecule is CN(c1cccc(-c2ccc(C(F)F)o2)c1)c1nc2nncn2c2cc(Cl)ccc12.